The number of aromatic nitrogens is 4. The first-order valence-corrected chi connectivity index (χ1v) is 9.93. The number of aryl methyl sites for hydroxylation is 1. The number of hydrogen-bond acceptors (Lipinski definition) is 5. The number of ether oxygens (including phenoxy) is 1. The van der Waals surface area contributed by atoms with Crippen LogP contribution in [0.3, 0.4) is 0 Å². The van der Waals surface area contributed by atoms with Crippen LogP contribution in [0.2, 0.25) is 5.15 Å². The van der Waals surface area contributed by atoms with Crippen LogP contribution in [0.15, 0.2) is 24.3 Å². The average Bonchev–Trinajstić information content (AvgIpc) is 2.96. The summed E-state index contributed by atoms with van der Waals surface area (Å²) in [5, 5.41) is 0.463. The number of halogens is 1. The Hall–Kier alpha value is -2.18. The highest BCUT2D eigenvalue weighted by Gasteiger charge is 2.23. The van der Waals surface area contributed by atoms with Gasteiger partial charge in [0, 0.05) is 30.8 Å². The molecule has 5 rings (SSSR count). The summed E-state index contributed by atoms with van der Waals surface area (Å²) >= 11 is 6.33. The lowest BCUT2D eigenvalue weighted by Gasteiger charge is -2.28. The van der Waals surface area contributed by atoms with Gasteiger partial charge in [-0.25, -0.2) is 15.0 Å². The van der Waals surface area contributed by atoms with Gasteiger partial charge in [-0.3, -0.25) is 0 Å². The lowest BCUT2D eigenvalue weighted by molar-refractivity contribution is 0.122. The monoisotopic (exact) mass is 383 g/mol. The van der Waals surface area contributed by atoms with Crippen LogP contribution in [0, 0.1) is 6.92 Å². The number of anilines is 1. The molecule has 0 spiro atoms. The number of morpholine rings is 1. The minimum Gasteiger partial charge on any atom is -0.378 e. The van der Waals surface area contributed by atoms with Gasteiger partial charge in [-0.1, -0.05) is 17.7 Å². The smallest absolute Gasteiger partial charge is 0.227 e. The van der Waals surface area contributed by atoms with Crippen LogP contribution in [0.25, 0.3) is 22.3 Å². The second kappa shape index (κ2) is 6.77. The van der Waals surface area contributed by atoms with Gasteiger partial charge in [0.2, 0.25) is 5.95 Å². The SMILES string of the molecule is Cc1nc2ccc(-c3cc(Cl)nc(N4CCOCC4)n3)cc2n1C1CCC1. The largest absolute Gasteiger partial charge is 0.378 e. The second-order valence-electron chi connectivity index (χ2n) is 7.29. The van der Waals surface area contributed by atoms with Crippen LogP contribution in [0.4, 0.5) is 5.95 Å². The Morgan fingerprint density at radius 1 is 1.07 bits per heavy atom. The average molecular weight is 384 g/mol. The summed E-state index contributed by atoms with van der Waals surface area (Å²) in [5.41, 5.74) is 4.10. The fourth-order valence-corrected chi connectivity index (χ4v) is 4.12. The first-order valence-electron chi connectivity index (χ1n) is 9.55. The van der Waals surface area contributed by atoms with Crippen molar-refractivity contribution in [2.45, 2.75) is 32.2 Å². The molecule has 2 fully saturated rings. The van der Waals surface area contributed by atoms with Gasteiger partial charge in [0.15, 0.2) is 0 Å². The van der Waals surface area contributed by atoms with Crippen LogP contribution in [-0.4, -0.2) is 45.8 Å². The molecule has 0 unspecified atom stereocenters. The molecule has 1 aliphatic heterocycles. The normalized spacial score (nSPS) is 18.1. The van der Waals surface area contributed by atoms with Crippen molar-refractivity contribution in [3.8, 4) is 11.3 Å². The summed E-state index contributed by atoms with van der Waals surface area (Å²) in [6, 6.07) is 8.75. The van der Waals surface area contributed by atoms with E-state index in [2.05, 4.69) is 39.6 Å². The van der Waals surface area contributed by atoms with Crippen LogP contribution >= 0.6 is 11.6 Å². The van der Waals surface area contributed by atoms with E-state index in [9.17, 15) is 0 Å². The van der Waals surface area contributed by atoms with Gasteiger partial charge in [0.25, 0.3) is 0 Å². The maximum Gasteiger partial charge on any atom is 0.227 e. The molecule has 3 aromatic rings. The van der Waals surface area contributed by atoms with Crippen LogP contribution in [-0.2, 0) is 4.74 Å². The zero-order valence-electron chi connectivity index (χ0n) is 15.4. The molecule has 0 amide bonds. The van der Waals surface area contributed by atoms with Gasteiger partial charge < -0.3 is 14.2 Å². The Balaban J connectivity index is 1.57. The Bertz CT molecular complexity index is 991. The minimum atomic E-state index is 0.463. The number of benzene rings is 1. The highest BCUT2D eigenvalue weighted by Crippen LogP contribution is 2.36. The van der Waals surface area contributed by atoms with Gasteiger partial charge in [-0.15, -0.1) is 0 Å². The fourth-order valence-electron chi connectivity index (χ4n) is 3.94. The second-order valence-corrected chi connectivity index (χ2v) is 7.68. The number of nitrogens with zero attached hydrogens (tertiary/aromatic N) is 5. The molecule has 1 aromatic carbocycles. The Kier molecular flexibility index (Phi) is 4.25. The highest BCUT2D eigenvalue weighted by atomic mass is 35.5. The number of rotatable bonds is 3. The van der Waals surface area contributed by atoms with Gasteiger partial charge in [0.05, 0.1) is 29.9 Å². The van der Waals surface area contributed by atoms with Crippen molar-refractivity contribution >= 4 is 28.6 Å². The van der Waals surface area contributed by atoms with Crippen LogP contribution < -0.4 is 4.90 Å². The van der Waals surface area contributed by atoms with Crippen molar-refractivity contribution in [2.75, 3.05) is 31.2 Å². The van der Waals surface area contributed by atoms with Crippen molar-refractivity contribution in [1.82, 2.24) is 19.5 Å². The van der Waals surface area contributed by atoms with E-state index in [0.29, 0.717) is 30.4 Å². The number of fused-ring (bicyclic) bond motifs is 1. The molecule has 1 saturated heterocycles. The molecule has 1 saturated carbocycles. The zero-order valence-corrected chi connectivity index (χ0v) is 16.1. The van der Waals surface area contributed by atoms with Crippen molar-refractivity contribution in [3.63, 3.8) is 0 Å². The maximum atomic E-state index is 6.33. The van der Waals surface area contributed by atoms with Gasteiger partial charge in [0.1, 0.15) is 11.0 Å². The summed E-state index contributed by atoms with van der Waals surface area (Å²) in [6.07, 6.45) is 3.77. The molecule has 0 bridgehead atoms. The zero-order chi connectivity index (χ0) is 18.4. The predicted octanol–water partition coefficient (Wildman–Crippen LogP) is 4.02. The van der Waals surface area contributed by atoms with E-state index < -0.39 is 0 Å². The van der Waals surface area contributed by atoms with E-state index in [1.165, 1.54) is 24.8 Å². The van der Waals surface area contributed by atoms with E-state index >= 15 is 0 Å². The van der Waals surface area contributed by atoms with E-state index in [4.69, 9.17) is 26.3 Å². The first kappa shape index (κ1) is 17.0. The lowest BCUT2D eigenvalue weighted by Crippen LogP contribution is -2.37. The first-order chi connectivity index (χ1) is 13.2. The van der Waals surface area contributed by atoms with Crippen LogP contribution in [0.1, 0.15) is 31.1 Å². The van der Waals surface area contributed by atoms with E-state index in [1.807, 2.05) is 6.07 Å². The Morgan fingerprint density at radius 2 is 1.89 bits per heavy atom. The quantitative estimate of drug-likeness (QED) is 0.639. The molecular weight excluding hydrogens is 362 g/mol. The van der Waals surface area contributed by atoms with Crippen molar-refractivity contribution in [1.29, 1.82) is 0 Å². The molecule has 2 aliphatic rings. The summed E-state index contributed by atoms with van der Waals surface area (Å²) in [4.78, 5) is 16.1. The maximum absolute atomic E-state index is 6.33. The summed E-state index contributed by atoms with van der Waals surface area (Å²) < 4.78 is 7.81. The van der Waals surface area contributed by atoms with Gasteiger partial charge in [-0.2, -0.15) is 0 Å². The summed E-state index contributed by atoms with van der Waals surface area (Å²) in [7, 11) is 0. The van der Waals surface area contributed by atoms with Crippen molar-refractivity contribution < 1.29 is 4.74 Å². The molecule has 0 N–H and O–H groups in total. The van der Waals surface area contributed by atoms with Gasteiger partial charge in [-0.05, 0) is 38.3 Å². The highest BCUT2D eigenvalue weighted by molar-refractivity contribution is 6.29. The molecule has 0 radical (unpaired) electrons. The lowest BCUT2D eigenvalue weighted by atomic mass is 9.92. The molecule has 1 aliphatic carbocycles. The molecule has 140 valence electrons. The fraction of sp³-hybridized carbons (Fsp3) is 0.450. The summed E-state index contributed by atoms with van der Waals surface area (Å²) in [5.74, 6) is 1.76. The molecule has 27 heavy (non-hydrogen) atoms. The third kappa shape index (κ3) is 3.07. The van der Waals surface area contributed by atoms with E-state index in [0.717, 1.165) is 35.7 Å². The molecule has 0 atom stereocenters. The van der Waals surface area contributed by atoms with E-state index in [1.54, 1.807) is 0 Å². The minimum absolute atomic E-state index is 0.463. The topological polar surface area (TPSA) is 56.1 Å². The third-order valence-corrected chi connectivity index (χ3v) is 5.77. The Morgan fingerprint density at radius 3 is 2.63 bits per heavy atom. The predicted molar refractivity (Wildman–Crippen MR) is 106 cm³/mol. The number of hydrogen-bond donors (Lipinski definition) is 0. The van der Waals surface area contributed by atoms with Crippen LogP contribution in [0.5, 0.6) is 0 Å². The van der Waals surface area contributed by atoms with Crippen molar-refractivity contribution in [3.05, 3.63) is 35.2 Å². The molecular formula is C20H22ClN5O. The molecule has 6 nitrogen and oxygen atoms in total. The number of imidazole rings is 1. The standard InChI is InChI=1S/C20H22ClN5O/c1-13-22-16-6-5-14(11-18(16)26(13)15-3-2-4-15)17-12-19(21)24-20(23-17)25-7-9-27-10-8-25/h5-6,11-12,15H,2-4,7-10H2,1H3. The summed E-state index contributed by atoms with van der Waals surface area (Å²) in [6.45, 7) is 5.04. The van der Waals surface area contributed by atoms with Gasteiger partial charge >= 0.3 is 0 Å². The molecule has 7 heteroatoms. The molecule has 3 heterocycles. The van der Waals surface area contributed by atoms with Crippen molar-refractivity contribution in [2.24, 2.45) is 0 Å². The molecule has 2 aromatic heterocycles. The van der Waals surface area contributed by atoms with E-state index in [-0.39, 0.29) is 0 Å². The Labute approximate surface area is 163 Å². The third-order valence-electron chi connectivity index (χ3n) is 5.58.